The van der Waals surface area contributed by atoms with Gasteiger partial charge in [0.1, 0.15) is 0 Å². The fraction of sp³-hybridized carbons (Fsp3) is 0.619. The lowest BCUT2D eigenvalue weighted by atomic mass is 9.58. The van der Waals surface area contributed by atoms with E-state index in [0.717, 1.165) is 19.4 Å². The number of hydrogen-bond acceptors (Lipinski definition) is 5. The van der Waals surface area contributed by atoms with Gasteiger partial charge in [-0.05, 0) is 39.9 Å². The SMILES string of the molecule is CC(=O)c1ccccc1C(=O)N1CCC2(CC1)[C@@H](O)C[C@H]2OCCN(C)C. The quantitative estimate of drug-likeness (QED) is 0.769. The topological polar surface area (TPSA) is 70.1 Å². The Kier molecular flexibility index (Phi) is 5.99. The maximum absolute atomic E-state index is 12.9. The van der Waals surface area contributed by atoms with Gasteiger partial charge in [-0.15, -0.1) is 0 Å². The molecule has 1 saturated carbocycles. The van der Waals surface area contributed by atoms with Gasteiger partial charge in [0.2, 0.25) is 0 Å². The normalized spacial score (nSPS) is 24.1. The van der Waals surface area contributed by atoms with Crippen LogP contribution in [0.5, 0.6) is 0 Å². The molecule has 148 valence electrons. The number of nitrogens with zero attached hydrogens (tertiary/aromatic N) is 2. The molecule has 2 fully saturated rings. The van der Waals surface area contributed by atoms with E-state index in [9.17, 15) is 14.7 Å². The predicted octanol–water partition coefficient (Wildman–Crippen LogP) is 1.82. The number of likely N-dealkylation sites (tertiary alicyclic amines) is 1. The molecular formula is C21H30N2O4. The van der Waals surface area contributed by atoms with E-state index < -0.39 is 0 Å². The number of ketones is 1. The molecule has 0 radical (unpaired) electrons. The number of carbonyl (C=O) groups excluding carboxylic acids is 2. The lowest BCUT2D eigenvalue weighted by Gasteiger charge is -2.56. The fourth-order valence-electron chi connectivity index (χ4n) is 4.27. The van der Waals surface area contributed by atoms with Gasteiger partial charge in [0.25, 0.3) is 5.91 Å². The van der Waals surface area contributed by atoms with Crippen molar-refractivity contribution in [3.63, 3.8) is 0 Å². The molecule has 1 heterocycles. The zero-order valence-corrected chi connectivity index (χ0v) is 16.5. The standard InChI is InChI=1S/C21H30N2O4/c1-15(24)16-6-4-5-7-17(16)20(26)23-10-8-21(9-11-23)18(25)14-19(21)27-13-12-22(2)3/h4-7,18-19,25H,8-14H2,1-3H3/t18-,19+/m0/s1. The van der Waals surface area contributed by atoms with Crippen LogP contribution < -0.4 is 0 Å². The Morgan fingerprint density at radius 3 is 2.41 bits per heavy atom. The smallest absolute Gasteiger partial charge is 0.254 e. The molecule has 1 aliphatic heterocycles. The molecule has 0 bridgehead atoms. The summed E-state index contributed by atoms with van der Waals surface area (Å²) in [5.41, 5.74) is 0.702. The van der Waals surface area contributed by atoms with Crippen molar-refractivity contribution in [2.75, 3.05) is 40.3 Å². The third-order valence-corrected chi connectivity index (χ3v) is 6.12. The minimum absolute atomic E-state index is 0.0641. The summed E-state index contributed by atoms with van der Waals surface area (Å²) in [6.07, 6.45) is 1.84. The molecule has 2 aliphatic rings. The van der Waals surface area contributed by atoms with Gasteiger partial charge in [0.05, 0.1) is 24.4 Å². The predicted molar refractivity (Wildman–Crippen MR) is 103 cm³/mol. The molecule has 27 heavy (non-hydrogen) atoms. The van der Waals surface area contributed by atoms with E-state index in [4.69, 9.17) is 4.74 Å². The van der Waals surface area contributed by atoms with E-state index in [2.05, 4.69) is 4.90 Å². The number of Topliss-reactive ketones (excluding diaryl/α,β-unsaturated/α-hetero) is 1. The first-order valence-electron chi connectivity index (χ1n) is 9.69. The summed E-state index contributed by atoms with van der Waals surface area (Å²) in [5.74, 6) is -0.203. The lowest BCUT2D eigenvalue weighted by molar-refractivity contribution is -0.209. The molecule has 1 amide bonds. The van der Waals surface area contributed by atoms with Gasteiger partial charge in [0, 0.05) is 37.0 Å². The lowest BCUT2D eigenvalue weighted by Crippen LogP contribution is -2.63. The minimum Gasteiger partial charge on any atom is -0.392 e. The number of aliphatic hydroxyl groups is 1. The van der Waals surface area contributed by atoms with E-state index in [-0.39, 0.29) is 29.3 Å². The summed E-state index contributed by atoms with van der Waals surface area (Å²) >= 11 is 0. The number of amides is 1. The van der Waals surface area contributed by atoms with Crippen LogP contribution in [0.15, 0.2) is 24.3 Å². The minimum atomic E-state index is -0.358. The molecule has 1 spiro atoms. The third kappa shape index (κ3) is 3.93. The third-order valence-electron chi connectivity index (χ3n) is 6.12. The van der Waals surface area contributed by atoms with Crippen molar-refractivity contribution >= 4 is 11.7 Å². The summed E-state index contributed by atoms with van der Waals surface area (Å²) in [4.78, 5) is 28.6. The number of benzene rings is 1. The first-order chi connectivity index (χ1) is 12.8. The van der Waals surface area contributed by atoms with Crippen molar-refractivity contribution in [2.24, 2.45) is 5.41 Å². The summed E-state index contributed by atoms with van der Waals surface area (Å²) in [5, 5.41) is 10.4. The number of carbonyl (C=O) groups is 2. The Morgan fingerprint density at radius 1 is 1.22 bits per heavy atom. The average molecular weight is 374 g/mol. The van der Waals surface area contributed by atoms with Crippen LogP contribution in [0.1, 0.15) is 46.9 Å². The first-order valence-corrected chi connectivity index (χ1v) is 9.69. The summed E-state index contributed by atoms with van der Waals surface area (Å²) in [6.45, 7) is 4.15. The Labute approximate surface area is 161 Å². The van der Waals surface area contributed by atoms with E-state index in [1.54, 1.807) is 29.2 Å². The second kappa shape index (κ2) is 8.09. The van der Waals surface area contributed by atoms with E-state index in [1.165, 1.54) is 6.92 Å². The van der Waals surface area contributed by atoms with Crippen LogP contribution >= 0.6 is 0 Å². The number of piperidine rings is 1. The monoisotopic (exact) mass is 374 g/mol. The number of likely N-dealkylation sites (N-methyl/N-ethyl adjacent to an activating group) is 1. The largest absolute Gasteiger partial charge is 0.392 e. The molecular weight excluding hydrogens is 344 g/mol. The van der Waals surface area contributed by atoms with Gasteiger partial charge < -0.3 is 19.6 Å². The Hall–Kier alpha value is -1.76. The van der Waals surface area contributed by atoms with Gasteiger partial charge in [-0.2, -0.15) is 0 Å². The molecule has 1 aliphatic carbocycles. The summed E-state index contributed by atoms with van der Waals surface area (Å²) in [6, 6.07) is 6.98. The van der Waals surface area contributed by atoms with E-state index in [0.29, 0.717) is 37.2 Å². The average Bonchev–Trinajstić information content (AvgIpc) is 2.66. The second-order valence-corrected chi connectivity index (χ2v) is 8.04. The van der Waals surface area contributed by atoms with Gasteiger partial charge in [0.15, 0.2) is 5.78 Å². The van der Waals surface area contributed by atoms with Crippen LogP contribution in [-0.4, -0.2) is 79.1 Å². The molecule has 1 saturated heterocycles. The highest BCUT2D eigenvalue weighted by molar-refractivity contribution is 6.07. The zero-order valence-electron chi connectivity index (χ0n) is 16.5. The van der Waals surface area contributed by atoms with Gasteiger partial charge >= 0.3 is 0 Å². The van der Waals surface area contributed by atoms with Crippen molar-refractivity contribution in [2.45, 2.75) is 38.4 Å². The number of aliphatic hydroxyl groups excluding tert-OH is 1. The molecule has 1 aromatic carbocycles. The van der Waals surface area contributed by atoms with E-state index in [1.807, 2.05) is 14.1 Å². The van der Waals surface area contributed by atoms with Crippen molar-refractivity contribution < 1.29 is 19.4 Å². The molecule has 3 rings (SSSR count). The number of rotatable bonds is 6. The van der Waals surface area contributed by atoms with Crippen molar-refractivity contribution in [3.05, 3.63) is 35.4 Å². The molecule has 0 aromatic heterocycles. The number of ether oxygens (including phenoxy) is 1. The van der Waals surface area contributed by atoms with Crippen LogP contribution in [0.4, 0.5) is 0 Å². The van der Waals surface area contributed by atoms with E-state index >= 15 is 0 Å². The van der Waals surface area contributed by atoms with Gasteiger partial charge in [-0.25, -0.2) is 0 Å². The first kappa shape index (κ1) is 20.0. The Balaban J connectivity index is 1.63. The zero-order chi connectivity index (χ0) is 19.6. The molecule has 0 unspecified atom stereocenters. The Morgan fingerprint density at radius 2 is 1.85 bits per heavy atom. The van der Waals surface area contributed by atoms with Crippen LogP contribution in [-0.2, 0) is 4.74 Å². The van der Waals surface area contributed by atoms with Crippen LogP contribution in [0.25, 0.3) is 0 Å². The molecule has 2 atom stereocenters. The second-order valence-electron chi connectivity index (χ2n) is 8.04. The fourth-order valence-corrected chi connectivity index (χ4v) is 4.27. The highest BCUT2D eigenvalue weighted by atomic mass is 16.5. The van der Waals surface area contributed by atoms with Crippen molar-refractivity contribution in [1.29, 1.82) is 0 Å². The molecule has 6 heteroatoms. The summed E-state index contributed by atoms with van der Waals surface area (Å²) in [7, 11) is 4.02. The van der Waals surface area contributed by atoms with Crippen molar-refractivity contribution in [3.8, 4) is 0 Å². The van der Waals surface area contributed by atoms with Crippen molar-refractivity contribution in [1.82, 2.24) is 9.80 Å². The Bertz CT molecular complexity index is 695. The maximum Gasteiger partial charge on any atom is 0.254 e. The molecule has 1 aromatic rings. The van der Waals surface area contributed by atoms with Crippen LogP contribution in [0, 0.1) is 5.41 Å². The summed E-state index contributed by atoms with van der Waals surface area (Å²) < 4.78 is 6.03. The molecule has 6 nitrogen and oxygen atoms in total. The van der Waals surface area contributed by atoms with Crippen LogP contribution in [0.3, 0.4) is 0 Å². The highest BCUT2D eigenvalue weighted by Gasteiger charge is 2.56. The number of hydrogen-bond donors (Lipinski definition) is 1. The van der Waals surface area contributed by atoms with Gasteiger partial charge in [-0.1, -0.05) is 18.2 Å². The maximum atomic E-state index is 12.9. The molecule has 1 N–H and O–H groups in total. The highest BCUT2D eigenvalue weighted by Crippen LogP contribution is 2.51. The van der Waals surface area contributed by atoms with Crippen LogP contribution in [0.2, 0.25) is 0 Å². The van der Waals surface area contributed by atoms with Gasteiger partial charge in [-0.3, -0.25) is 9.59 Å².